The van der Waals surface area contributed by atoms with Crippen LogP contribution in [0, 0.1) is 5.92 Å². The molecule has 11 heteroatoms. The van der Waals surface area contributed by atoms with Crippen molar-refractivity contribution >= 4 is 50.7 Å². The van der Waals surface area contributed by atoms with E-state index in [1.54, 1.807) is 37.3 Å². The number of hydrogen-bond donors (Lipinski definition) is 1. The van der Waals surface area contributed by atoms with Crippen molar-refractivity contribution in [3.05, 3.63) is 58.1 Å². The quantitative estimate of drug-likeness (QED) is 0.462. The number of halogens is 2. The van der Waals surface area contributed by atoms with Gasteiger partial charge in [-0.15, -0.1) is 0 Å². The van der Waals surface area contributed by atoms with E-state index in [1.165, 1.54) is 24.1 Å². The molecule has 192 valence electrons. The maximum absolute atomic E-state index is 13.6. The number of rotatable bonds is 11. The molecule has 0 aromatic heterocycles. The molecule has 0 aliphatic rings. The Bertz CT molecular complexity index is 1160. The van der Waals surface area contributed by atoms with E-state index in [9.17, 15) is 18.0 Å². The van der Waals surface area contributed by atoms with Crippen molar-refractivity contribution in [1.29, 1.82) is 0 Å². The Morgan fingerprint density at radius 2 is 1.71 bits per heavy atom. The van der Waals surface area contributed by atoms with E-state index >= 15 is 0 Å². The van der Waals surface area contributed by atoms with Gasteiger partial charge in [0.25, 0.3) is 0 Å². The average Bonchev–Trinajstić information content (AvgIpc) is 2.78. The van der Waals surface area contributed by atoms with Crippen molar-refractivity contribution in [2.24, 2.45) is 5.92 Å². The number of anilines is 1. The SMILES string of the molecule is COc1ccc(Cl)cc1N(CC(=O)N(Cc1cccc(Cl)c1)C(C)C(=O)NCC(C)C)S(C)(=O)=O. The van der Waals surface area contributed by atoms with Gasteiger partial charge in [-0.2, -0.15) is 0 Å². The summed E-state index contributed by atoms with van der Waals surface area (Å²) in [7, 11) is -2.53. The molecule has 0 fully saturated rings. The summed E-state index contributed by atoms with van der Waals surface area (Å²) in [5.74, 6) is -0.471. The van der Waals surface area contributed by atoms with E-state index in [4.69, 9.17) is 27.9 Å². The van der Waals surface area contributed by atoms with Crippen LogP contribution in [-0.4, -0.2) is 57.6 Å². The van der Waals surface area contributed by atoms with Gasteiger partial charge in [0.05, 0.1) is 19.1 Å². The van der Waals surface area contributed by atoms with Crippen LogP contribution in [0.2, 0.25) is 10.0 Å². The molecule has 2 amide bonds. The van der Waals surface area contributed by atoms with Crippen LogP contribution in [0.5, 0.6) is 5.75 Å². The first-order chi connectivity index (χ1) is 16.3. The molecule has 0 saturated carbocycles. The molecule has 1 atom stereocenters. The van der Waals surface area contributed by atoms with E-state index in [1.807, 2.05) is 13.8 Å². The molecule has 0 saturated heterocycles. The van der Waals surface area contributed by atoms with Gasteiger partial charge < -0.3 is 15.0 Å². The Morgan fingerprint density at radius 3 is 2.29 bits per heavy atom. The van der Waals surface area contributed by atoms with Crippen molar-refractivity contribution in [2.45, 2.75) is 33.4 Å². The second kappa shape index (κ2) is 12.5. The molecule has 1 N–H and O–H groups in total. The van der Waals surface area contributed by atoms with Gasteiger partial charge in [-0.25, -0.2) is 8.42 Å². The zero-order valence-corrected chi connectivity index (χ0v) is 22.7. The number of sulfonamides is 1. The van der Waals surface area contributed by atoms with E-state index in [-0.39, 0.29) is 34.8 Å². The second-order valence-electron chi connectivity index (χ2n) is 8.55. The molecule has 0 heterocycles. The average molecular weight is 545 g/mol. The highest BCUT2D eigenvalue weighted by Gasteiger charge is 2.31. The van der Waals surface area contributed by atoms with Crippen LogP contribution in [0.1, 0.15) is 26.3 Å². The lowest BCUT2D eigenvalue weighted by molar-refractivity contribution is -0.139. The van der Waals surface area contributed by atoms with Gasteiger partial charge >= 0.3 is 0 Å². The minimum absolute atomic E-state index is 0.0555. The minimum atomic E-state index is -3.92. The van der Waals surface area contributed by atoms with Crippen LogP contribution in [0.25, 0.3) is 0 Å². The molecule has 0 bridgehead atoms. The summed E-state index contributed by atoms with van der Waals surface area (Å²) < 4.78 is 31.6. The van der Waals surface area contributed by atoms with Gasteiger partial charge in [0, 0.05) is 23.1 Å². The number of nitrogens with one attached hydrogen (secondary N) is 1. The monoisotopic (exact) mass is 543 g/mol. The molecule has 2 aromatic carbocycles. The van der Waals surface area contributed by atoms with Gasteiger partial charge in [0.2, 0.25) is 21.8 Å². The number of amides is 2. The summed E-state index contributed by atoms with van der Waals surface area (Å²) in [5, 5.41) is 3.58. The van der Waals surface area contributed by atoms with Crippen molar-refractivity contribution in [1.82, 2.24) is 10.2 Å². The first-order valence-electron chi connectivity index (χ1n) is 11.0. The largest absolute Gasteiger partial charge is 0.495 e. The summed E-state index contributed by atoms with van der Waals surface area (Å²) in [5.41, 5.74) is 0.816. The first-order valence-corrected chi connectivity index (χ1v) is 13.6. The lowest BCUT2D eigenvalue weighted by Gasteiger charge is -2.32. The number of nitrogens with zero attached hydrogens (tertiary/aromatic N) is 2. The molecular weight excluding hydrogens is 513 g/mol. The van der Waals surface area contributed by atoms with Crippen LogP contribution >= 0.6 is 23.2 Å². The van der Waals surface area contributed by atoms with Crippen molar-refractivity contribution in [3.8, 4) is 5.75 Å². The Labute approximate surface area is 217 Å². The lowest BCUT2D eigenvalue weighted by atomic mass is 10.1. The first kappa shape index (κ1) is 28.7. The molecule has 1 unspecified atom stereocenters. The molecule has 0 spiro atoms. The van der Waals surface area contributed by atoms with Crippen LogP contribution in [0.3, 0.4) is 0 Å². The summed E-state index contributed by atoms with van der Waals surface area (Å²) in [6.07, 6.45) is 0.987. The lowest BCUT2D eigenvalue weighted by Crippen LogP contribution is -2.51. The Balaban J connectivity index is 2.44. The standard InChI is InChI=1S/C24H31Cl2N3O5S/c1-16(2)13-27-24(31)17(3)28(14-18-7-6-8-19(25)11-18)23(30)15-29(35(5,32)33)21-12-20(26)9-10-22(21)34-4/h6-12,16-17H,13-15H2,1-5H3,(H,27,31). The predicted octanol–water partition coefficient (Wildman–Crippen LogP) is 3.96. The zero-order valence-electron chi connectivity index (χ0n) is 20.4. The van der Waals surface area contributed by atoms with Crippen molar-refractivity contribution in [3.63, 3.8) is 0 Å². The molecular formula is C24H31Cl2N3O5S. The third-order valence-electron chi connectivity index (χ3n) is 5.18. The fourth-order valence-corrected chi connectivity index (χ4v) is 4.54. The number of carbonyl (C=O) groups excluding carboxylic acids is 2. The van der Waals surface area contributed by atoms with Gasteiger partial charge in [0.15, 0.2) is 0 Å². The van der Waals surface area contributed by atoms with Crippen LogP contribution in [-0.2, 0) is 26.2 Å². The Hall–Kier alpha value is -2.49. The highest BCUT2D eigenvalue weighted by Crippen LogP contribution is 2.33. The molecule has 2 rings (SSSR count). The third kappa shape index (κ3) is 8.30. The van der Waals surface area contributed by atoms with E-state index in [0.717, 1.165) is 10.6 Å². The number of carbonyl (C=O) groups is 2. The maximum Gasteiger partial charge on any atom is 0.244 e. The van der Waals surface area contributed by atoms with Crippen molar-refractivity contribution < 1.29 is 22.7 Å². The fourth-order valence-electron chi connectivity index (χ4n) is 3.32. The van der Waals surface area contributed by atoms with Gasteiger partial charge in [-0.3, -0.25) is 13.9 Å². The maximum atomic E-state index is 13.6. The number of ether oxygens (including phenoxy) is 1. The van der Waals surface area contributed by atoms with Gasteiger partial charge in [-0.1, -0.05) is 49.2 Å². The zero-order chi connectivity index (χ0) is 26.3. The Morgan fingerprint density at radius 1 is 1.06 bits per heavy atom. The predicted molar refractivity (Wildman–Crippen MR) is 140 cm³/mol. The fraction of sp³-hybridized carbons (Fsp3) is 0.417. The molecule has 0 aliphatic heterocycles. The van der Waals surface area contributed by atoms with E-state index < -0.39 is 28.5 Å². The summed E-state index contributed by atoms with van der Waals surface area (Å²) in [6.45, 7) is 5.46. The van der Waals surface area contributed by atoms with Crippen LogP contribution in [0.4, 0.5) is 5.69 Å². The highest BCUT2D eigenvalue weighted by molar-refractivity contribution is 7.92. The highest BCUT2D eigenvalue weighted by atomic mass is 35.5. The molecule has 2 aromatic rings. The van der Waals surface area contributed by atoms with Crippen molar-refractivity contribution in [2.75, 3.05) is 30.8 Å². The van der Waals surface area contributed by atoms with E-state index in [2.05, 4.69) is 5.32 Å². The van der Waals surface area contributed by atoms with Gasteiger partial charge in [-0.05, 0) is 48.7 Å². The number of benzene rings is 2. The summed E-state index contributed by atoms with van der Waals surface area (Å²) in [6, 6.07) is 10.5. The van der Waals surface area contributed by atoms with Crippen LogP contribution in [0.15, 0.2) is 42.5 Å². The molecule has 8 nitrogen and oxygen atoms in total. The van der Waals surface area contributed by atoms with E-state index in [0.29, 0.717) is 17.1 Å². The van der Waals surface area contributed by atoms with Crippen LogP contribution < -0.4 is 14.4 Å². The normalized spacial score (nSPS) is 12.2. The topological polar surface area (TPSA) is 96.0 Å². The second-order valence-corrected chi connectivity index (χ2v) is 11.3. The molecule has 0 aliphatic carbocycles. The smallest absolute Gasteiger partial charge is 0.244 e. The molecule has 35 heavy (non-hydrogen) atoms. The van der Waals surface area contributed by atoms with Gasteiger partial charge in [0.1, 0.15) is 18.3 Å². The molecule has 0 radical (unpaired) electrons. The summed E-state index contributed by atoms with van der Waals surface area (Å²) in [4.78, 5) is 27.7. The Kier molecular flexibility index (Phi) is 10.2. The number of methoxy groups -OCH3 is 1. The minimum Gasteiger partial charge on any atom is -0.495 e. The number of hydrogen-bond acceptors (Lipinski definition) is 5. The summed E-state index contributed by atoms with van der Waals surface area (Å²) >= 11 is 12.2. The third-order valence-corrected chi connectivity index (χ3v) is 6.78.